The van der Waals surface area contributed by atoms with Crippen molar-refractivity contribution in [3.8, 4) is 5.75 Å². The Kier molecular flexibility index (Phi) is 5.73. The molecule has 1 saturated heterocycles. The van der Waals surface area contributed by atoms with Gasteiger partial charge in [0.15, 0.2) is 0 Å². The number of amides is 1. The zero-order valence-electron chi connectivity index (χ0n) is 16.5. The van der Waals surface area contributed by atoms with Crippen LogP contribution in [0.1, 0.15) is 31.9 Å². The van der Waals surface area contributed by atoms with Gasteiger partial charge in [-0.15, -0.1) is 0 Å². The zero-order valence-corrected chi connectivity index (χ0v) is 16.5. The molecule has 0 aromatic heterocycles. The second kappa shape index (κ2) is 7.84. The van der Waals surface area contributed by atoms with Gasteiger partial charge in [-0.25, -0.2) is 4.79 Å². The predicted octanol–water partition coefficient (Wildman–Crippen LogP) is 2.56. The fourth-order valence-electron chi connectivity index (χ4n) is 3.28. The number of nitrogens with zero attached hydrogens (tertiary/aromatic N) is 3. The lowest BCUT2D eigenvalue weighted by molar-refractivity contribution is 0.0242. The number of carbonyl (C=O) groups is 1. The van der Waals surface area contributed by atoms with Gasteiger partial charge in [-0.1, -0.05) is 6.07 Å². The summed E-state index contributed by atoms with van der Waals surface area (Å²) in [7, 11) is 2.17. The maximum Gasteiger partial charge on any atom is 0.410 e. The number of hydrogen-bond acceptors (Lipinski definition) is 5. The SMILES string of the molecule is CN1CCN(CCOc2ccc3c(c2)CN(C(=O)OC(C)(C)C)C3)CC1. The Labute approximate surface area is 156 Å². The van der Waals surface area contributed by atoms with Crippen molar-refractivity contribution in [3.63, 3.8) is 0 Å². The van der Waals surface area contributed by atoms with Crippen LogP contribution in [0.3, 0.4) is 0 Å². The van der Waals surface area contributed by atoms with Crippen molar-refractivity contribution >= 4 is 6.09 Å². The minimum Gasteiger partial charge on any atom is -0.492 e. The van der Waals surface area contributed by atoms with E-state index in [4.69, 9.17) is 9.47 Å². The monoisotopic (exact) mass is 361 g/mol. The molecule has 0 radical (unpaired) electrons. The average Bonchev–Trinajstić information content (AvgIpc) is 2.99. The summed E-state index contributed by atoms with van der Waals surface area (Å²) in [5.41, 5.74) is 1.85. The van der Waals surface area contributed by atoms with Gasteiger partial charge >= 0.3 is 6.09 Å². The molecule has 0 N–H and O–H groups in total. The van der Waals surface area contributed by atoms with Crippen molar-refractivity contribution in [2.24, 2.45) is 0 Å². The molecule has 0 saturated carbocycles. The number of likely N-dealkylation sites (N-methyl/N-ethyl adjacent to an activating group) is 1. The maximum absolute atomic E-state index is 12.2. The van der Waals surface area contributed by atoms with Crippen LogP contribution in [-0.2, 0) is 17.8 Å². The quantitative estimate of drug-likeness (QED) is 0.825. The van der Waals surface area contributed by atoms with Crippen LogP contribution in [0, 0.1) is 0 Å². The average molecular weight is 361 g/mol. The Morgan fingerprint density at radius 2 is 1.77 bits per heavy atom. The van der Waals surface area contributed by atoms with E-state index >= 15 is 0 Å². The van der Waals surface area contributed by atoms with Crippen LogP contribution in [-0.4, -0.2) is 72.8 Å². The van der Waals surface area contributed by atoms with E-state index in [0.717, 1.165) is 44.0 Å². The second-order valence-corrected chi connectivity index (χ2v) is 8.26. The first-order valence-corrected chi connectivity index (χ1v) is 9.43. The Morgan fingerprint density at radius 1 is 1.08 bits per heavy atom. The first-order chi connectivity index (χ1) is 12.3. The number of benzene rings is 1. The van der Waals surface area contributed by atoms with E-state index in [1.807, 2.05) is 26.8 Å². The second-order valence-electron chi connectivity index (χ2n) is 8.26. The highest BCUT2D eigenvalue weighted by molar-refractivity contribution is 5.69. The summed E-state index contributed by atoms with van der Waals surface area (Å²) in [4.78, 5) is 18.8. The fourth-order valence-corrected chi connectivity index (χ4v) is 3.28. The van der Waals surface area contributed by atoms with Crippen molar-refractivity contribution in [2.45, 2.75) is 39.5 Å². The first kappa shape index (κ1) is 19.0. The molecule has 0 atom stereocenters. The maximum atomic E-state index is 12.2. The minimum atomic E-state index is -0.469. The molecule has 2 aliphatic heterocycles. The van der Waals surface area contributed by atoms with E-state index < -0.39 is 5.60 Å². The molecule has 0 spiro atoms. The summed E-state index contributed by atoms with van der Waals surface area (Å²) in [6, 6.07) is 6.12. The number of carbonyl (C=O) groups excluding carboxylic acids is 1. The fraction of sp³-hybridized carbons (Fsp3) is 0.650. The van der Waals surface area contributed by atoms with Crippen LogP contribution in [0.25, 0.3) is 0 Å². The highest BCUT2D eigenvalue weighted by Crippen LogP contribution is 2.28. The lowest BCUT2D eigenvalue weighted by Gasteiger charge is -2.32. The third kappa shape index (κ3) is 5.11. The normalized spacial score (nSPS) is 18.7. The van der Waals surface area contributed by atoms with Crippen LogP contribution in [0.2, 0.25) is 0 Å². The van der Waals surface area contributed by atoms with Crippen molar-refractivity contribution in [3.05, 3.63) is 29.3 Å². The molecule has 1 aromatic carbocycles. The van der Waals surface area contributed by atoms with Gasteiger partial charge in [0.05, 0.1) is 0 Å². The summed E-state index contributed by atoms with van der Waals surface area (Å²) >= 11 is 0. The molecule has 2 aliphatic rings. The van der Waals surface area contributed by atoms with Gasteiger partial charge in [-0.3, -0.25) is 9.80 Å². The van der Waals surface area contributed by atoms with Gasteiger partial charge in [0.25, 0.3) is 0 Å². The van der Waals surface area contributed by atoms with Crippen molar-refractivity contribution in [1.29, 1.82) is 0 Å². The Bertz CT molecular complexity index is 634. The van der Waals surface area contributed by atoms with Gasteiger partial charge in [-0.05, 0) is 51.1 Å². The van der Waals surface area contributed by atoms with Gasteiger partial charge in [0.2, 0.25) is 0 Å². The van der Waals surface area contributed by atoms with Gasteiger partial charge in [-0.2, -0.15) is 0 Å². The van der Waals surface area contributed by atoms with Gasteiger partial charge < -0.3 is 14.4 Å². The van der Waals surface area contributed by atoms with Crippen LogP contribution in [0.5, 0.6) is 5.75 Å². The number of fused-ring (bicyclic) bond motifs is 1. The van der Waals surface area contributed by atoms with Crippen LogP contribution in [0.15, 0.2) is 18.2 Å². The molecule has 1 fully saturated rings. The van der Waals surface area contributed by atoms with E-state index in [1.165, 1.54) is 5.56 Å². The molecule has 6 heteroatoms. The smallest absolute Gasteiger partial charge is 0.410 e. The van der Waals surface area contributed by atoms with E-state index in [9.17, 15) is 4.79 Å². The molecule has 26 heavy (non-hydrogen) atoms. The molecule has 3 rings (SSSR count). The summed E-state index contributed by atoms with van der Waals surface area (Å²) < 4.78 is 11.4. The van der Waals surface area contributed by atoms with Gasteiger partial charge in [0, 0.05) is 45.8 Å². The molecule has 1 amide bonds. The molecular weight excluding hydrogens is 330 g/mol. The van der Waals surface area contributed by atoms with Gasteiger partial charge in [0.1, 0.15) is 18.0 Å². The molecule has 1 aromatic rings. The first-order valence-electron chi connectivity index (χ1n) is 9.43. The van der Waals surface area contributed by atoms with E-state index in [2.05, 4.69) is 29.0 Å². The van der Waals surface area contributed by atoms with Crippen molar-refractivity contribution < 1.29 is 14.3 Å². The number of piperazine rings is 1. The Balaban J connectivity index is 1.48. The molecule has 0 unspecified atom stereocenters. The summed E-state index contributed by atoms with van der Waals surface area (Å²) in [5, 5.41) is 0. The van der Waals surface area contributed by atoms with Crippen LogP contribution >= 0.6 is 0 Å². The number of ether oxygens (including phenoxy) is 2. The number of hydrogen-bond donors (Lipinski definition) is 0. The van der Waals surface area contributed by atoms with E-state index in [0.29, 0.717) is 19.7 Å². The zero-order chi connectivity index (χ0) is 18.7. The van der Waals surface area contributed by atoms with Crippen LogP contribution in [0.4, 0.5) is 4.79 Å². The molecule has 144 valence electrons. The summed E-state index contributed by atoms with van der Waals surface area (Å²) in [5.74, 6) is 0.879. The topological polar surface area (TPSA) is 45.2 Å². The van der Waals surface area contributed by atoms with E-state index in [-0.39, 0.29) is 6.09 Å². The molecule has 0 aliphatic carbocycles. The summed E-state index contributed by atoms with van der Waals surface area (Å²) in [6.07, 6.45) is -0.258. The highest BCUT2D eigenvalue weighted by Gasteiger charge is 2.28. The van der Waals surface area contributed by atoms with Crippen molar-refractivity contribution in [1.82, 2.24) is 14.7 Å². The lowest BCUT2D eigenvalue weighted by Crippen LogP contribution is -2.45. The molecule has 2 heterocycles. The van der Waals surface area contributed by atoms with Crippen molar-refractivity contribution in [2.75, 3.05) is 46.4 Å². The third-order valence-corrected chi connectivity index (χ3v) is 4.82. The molecule has 6 nitrogen and oxygen atoms in total. The van der Waals surface area contributed by atoms with Crippen LogP contribution < -0.4 is 4.74 Å². The number of rotatable bonds is 4. The highest BCUT2D eigenvalue weighted by atomic mass is 16.6. The largest absolute Gasteiger partial charge is 0.492 e. The third-order valence-electron chi connectivity index (χ3n) is 4.82. The predicted molar refractivity (Wildman–Crippen MR) is 101 cm³/mol. The molecular formula is C20H31N3O3. The molecule has 0 bridgehead atoms. The summed E-state index contributed by atoms with van der Waals surface area (Å²) in [6.45, 7) is 13.0. The Morgan fingerprint density at radius 3 is 2.46 bits per heavy atom. The minimum absolute atomic E-state index is 0.258. The van der Waals surface area contributed by atoms with E-state index in [1.54, 1.807) is 4.90 Å². The Hall–Kier alpha value is -1.79. The lowest BCUT2D eigenvalue weighted by atomic mass is 10.1. The standard InChI is InChI=1S/C20H31N3O3/c1-20(2,3)26-19(24)23-14-16-5-6-18(13-17(16)15-23)25-12-11-22-9-7-21(4)8-10-22/h5-6,13H,7-12,14-15H2,1-4H3.